The van der Waals surface area contributed by atoms with Crippen molar-refractivity contribution in [3.8, 4) is 11.8 Å². The highest BCUT2D eigenvalue weighted by molar-refractivity contribution is 5.53. The fourth-order valence-electron chi connectivity index (χ4n) is 3.64. The monoisotopic (exact) mass is 329 g/mol. The van der Waals surface area contributed by atoms with E-state index in [0.717, 1.165) is 50.3 Å². The second-order valence-electron chi connectivity index (χ2n) is 6.78. The Bertz CT molecular complexity index is 626. The number of piperazine rings is 1. The number of ether oxygens (including phenoxy) is 2. The number of nitriles is 1. The summed E-state index contributed by atoms with van der Waals surface area (Å²) in [5.41, 5.74) is 2.85. The molecule has 0 bridgehead atoms. The third-order valence-electron chi connectivity index (χ3n) is 5.36. The molecule has 0 saturated carbocycles. The molecule has 0 spiro atoms. The van der Waals surface area contributed by atoms with Crippen molar-refractivity contribution in [3.05, 3.63) is 28.8 Å². The average molecular weight is 329 g/mol. The first-order valence-electron chi connectivity index (χ1n) is 8.86. The molecule has 24 heavy (non-hydrogen) atoms. The van der Waals surface area contributed by atoms with Gasteiger partial charge in [-0.15, -0.1) is 0 Å². The molecule has 0 amide bonds. The number of benzene rings is 1. The fraction of sp³-hybridized carbons (Fsp3) is 0.632. The molecule has 1 aromatic rings. The van der Waals surface area contributed by atoms with Crippen LogP contribution in [0.1, 0.15) is 49.0 Å². The van der Waals surface area contributed by atoms with Gasteiger partial charge in [0.2, 0.25) is 0 Å². The van der Waals surface area contributed by atoms with Gasteiger partial charge in [-0.3, -0.25) is 4.90 Å². The number of nitrogens with zero attached hydrogens (tertiary/aromatic N) is 2. The van der Waals surface area contributed by atoms with E-state index in [9.17, 15) is 5.26 Å². The Labute approximate surface area is 144 Å². The third kappa shape index (κ3) is 3.27. The fourth-order valence-corrected chi connectivity index (χ4v) is 3.64. The Morgan fingerprint density at radius 2 is 2.33 bits per heavy atom. The second kappa shape index (κ2) is 7.52. The summed E-state index contributed by atoms with van der Waals surface area (Å²) in [7, 11) is 1.63. The summed E-state index contributed by atoms with van der Waals surface area (Å²) < 4.78 is 11.7. The second-order valence-corrected chi connectivity index (χ2v) is 6.78. The number of nitrogens with one attached hydrogen (secondary N) is 1. The number of fused-ring (bicyclic) bond motifs is 1. The number of methoxy groups -OCH3 is 1. The summed E-state index contributed by atoms with van der Waals surface area (Å²) in [6.45, 7) is 9.07. The lowest BCUT2D eigenvalue weighted by molar-refractivity contribution is -0.0718. The van der Waals surface area contributed by atoms with Crippen molar-refractivity contribution in [3.63, 3.8) is 0 Å². The van der Waals surface area contributed by atoms with E-state index in [1.165, 1.54) is 0 Å². The Kier molecular flexibility index (Phi) is 5.40. The predicted molar refractivity (Wildman–Crippen MR) is 93.3 cm³/mol. The molecular formula is C19H27N3O2. The van der Waals surface area contributed by atoms with Gasteiger partial charge in [-0.1, -0.05) is 19.9 Å². The largest absolute Gasteiger partial charge is 0.495 e. The van der Waals surface area contributed by atoms with Gasteiger partial charge in [0.15, 0.2) is 0 Å². The highest BCUT2D eigenvalue weighted by atomic mass is 16.5. The number of morpholine rings is 1. The van der Waals surface area contributed by atoms with E-state index in [4.69, 9.17) is 9.47 Å². The highest BCUT2D eigenvalue weighted by Crippen LogP contribution is 2.35. The van der Waals surface area contributed by atoms with Crippen LogP contribution in [0.4, 0.5) is 0 Å². The first-order chi connectivity index (χ1) is 11.7. The van der Waals surface area contributed by atoms with E-state index in [-0.39, 0.29) is 6.10 Å². The average Bonchev–Trinajstić information content (AvgIpc) is 2.65. The number of hydrogen-bond acceptors (Lipinski definition) is 5. The predicted octanol–water partition coefficient (Wildman–Crippen LogP) is 2.43. The zero-order valence-electron chi connectivity index (χ0n) is 14.8. The summed E-state index contributed by atoms with van der Waals surface area (Å²) in [5.74, 6) is 0.986. The Morgan fingerprint density at radius 3 is 3.04 bits per heavy atom. The van der Waals surface area contributed by atoms with Crippen molar-refractivity contribution in [2.75, 3.05) is 39.9 Å². The first kappa shape index (κ1) is 17.2. The molecule has 5 nitrogen and oxygen atoms in total. The minimum atomic E-state index is 0.0452. The molecular weight excluding hydrogens is 302 g/mol. The number of rotatable bonds is 4. The van der Waals surface area contributed by atoms with Crippen LogP contribution in [0.5, 0.6) is 5.75 Å². The van der Waals surface area contributed by atoms with E-state index < -0.39 is 0 Å². The van der Waals surface area contributed by atoms with Crippen LogP contribution in [0.3, 0.4) is 0 Å². The summed E-state index contributed by atoms with van der Waals surface area (Å²) >= 11 is 0. The van der Waals surface area contributed by atoms with Crippen LogP contribution in [-0.4, -0.2) is 50.8 Å². The van der Waals surface area contributed by atoms with Gasteiger partial charge in [-0.25, -0.2) is 0 Å². The van der Waals surface area contributed by atoms with E-state index in [1.807, 2.05) is 6.07 Å². The third-order valence-corrected chi connectivity index (χ3v) is 5.36. The maximum atomic E-state index is 9.55. The SMILES string of the molecule is CCC(C)c1cc(C2CN3CCNCC3CO2)cc(OC)c1C#N. The van der Waals surface area contributed by atoms with Crippen LogP contribution in [0.2, 0.25) is 0 Å². The van der Waals surface area contributed by atoms with Gasteiger partial charge in [0, 0.05) is 32.2 Å². The van der Waals surface area contributed by atoms with Crippen molar-refractivity contribution >= 4 is 0 Å². The standard InChI is InChI=1S/C19H27N3O2/c1-4-13(2)16-7-14(8-18(23-3)17(16)9-20)19-11-22-6-5-21-10-15(22)12-24-19/h7-8,13,15,19,21H,4-6,10-12H2,1-3H3. The van der Waals surface area contributed by atoms with Gasteiger partial charge in [0.1, 0.15) is 11.8 Å². The lowest BCUT2D eigenvalue weighted by atomic mass is 9.90. The first-order valence-corrected chi connectivity index (χ1v) is 8.86. The molecule has 3 rings (SSSR count). The van der Waals surface area contributed by atoms with E-state index >= 15 is 0 Å². The lowest BCUT2D eigenvalue weighted by Crippen LogP contribution is -2.57. The van der Waals surface area contributed by atoms with Crippen molar-refractivity contribution in [1.82, 2.24) is 10.2 Å². The van der Waals surface area contributed by atoms with Crippen LogP contribution in [0.15, 0.2) is 12.1 Å². The normalized spacial score (nSPS) is 25.6. The van der Waals surface area contributed by atoms with Gasteiger partial charge >= 0.3 is 0 Å². The lowest BCUT2D eigenvalue weighted by Gasteiger charge is -2.43. The molecule has 0 radical (unpaired) electrons. The Hall–Kier alpha value is -1.61. The topological polar surface area (TPSA) is 57.5 Å². The van der Waals surface area contributed by atoms with Gasteiger partial charge in [-0.2, -0.15) is 5.26 Å². The van der Waals surface area contributed by atoms with Crippen LogP contribution in [-0.2, 0) is 4.74 Å². The van der Waals surface area contributed by atoms with Crippen molar-refractivity contribution in [2.45, 2.75) is 38.3 Å². The Morgan fingerprint density at radius 1 is 1.50 bits per heavy atom. The maximum Gasteiger partial charge on any atom is 0.137 e. The zero-order chi connectivity index (χ0) is 17.1. The molecule has 5 heteroatoms. The van der Waals surface area contributed by atoms with Gasteiger partial charge < -0.3 is 14.8 Å². The van der Waals surface area contributed by atoms with Crippen molar-refractivity contribution in [1.29, 1.82) is 5.26 Å². The molecule has 3 atom stereocenters. The smallest absolute Gasteiger partial charge is 0.137 e. The molecule has 1 aromatic carbocycles. The minimum Gasteiger partial charge on any atom is -0.495 e. The van der Waals surface area contributed by atoms with Gasteiger partial charge in [0.05, 0.1) is 25.4 Å². The van der Waals surface area contributed by atoms with Crippen LogP contribution in [0, 0.1) is 11.3 Å². The molecule has 2 aliphatic rings. The van der Waals surface area contributed by atoms with Crippen LogP contribution >= 0.6 is 0 Å². The molecule has 130 valence electrons. The molecule has 2 fully saturated rings. The highest BCUT2D eigenvalue weighted by Gasteiger charge is 2.32. The molecule has 1 N–H and O–H groups in total. The van der Waals surface area contributed by atoms with E-state index in [2.05, 4.69) is 36.2 Å². The molecule has 0 aromatic heterocycles. The van der Waals surface area contributed by atoms with Gasteiger partial charge in [-0.05, 0) is 29.5 Å². The quantitative estimate of drug-likeness (QED) is 0.919. The molecule has 2 heterocycles. The Balaban J connectivity index is 1.91. The van der Waals surface area contributed by atoms with Gasteiger partial charge in [0.25, 0.3) is 0 Å². The molecule has 3 unspecified atom stereocenters. The molecule has 2 saturated heterocycles. The van der Waals surface area contributed by atoms with Crippen molar-refractivity contribution in [2.24, 2.45) is 0 Å². The van der Waals surface area contributed by atoms with Crippen LogP contribution in [0.25, 0.3) is 0 Å². The summed E-state index contributed by atoms with van der Waals surface area (Å²) in [6, 6.07) is 6.94. The maximum absolute atomic E-state index is 9.55. The van der Waals surface area contributed by atoms with E-state index in [1.54, 1.807) is 7.11 Å². The van der Waals surface area contributed by atoms with E-state index in [0.29, 0.717) is 23.3 Å². The summed E-state index contributed by atoms with van der Waals surface area (Å²) in [5, 5.41) is 13.0. The molecule has 2 aliphatic heterocycles. The number of hydrogen-bond donors (Lipinski definition) is 1. The van der Waals surface area contributed by atoms with Crippen molar-refractivity contribution < 1.29 is 9.47 Å². The zero-order valence-corrected chi connectivity index (χ0v) is 14.8. The minimum absolute atomic E-state index is 0.0452. The summed E-state index contributed by atoms with van der Waals surface area (Å²) in [4.78, 5) is 2.51. The molecule has 0 aliphatic carbocycles. The summed E-state index contributed by atoms with van der Waals surface area (Å²) in [6.07, 6.45) is 1.04. The van der Waals surface area contributed by atoms with Crippen LogP contribution < -0.4 is 10.1 Å².